The van der Waals surface area contributed by atoms with Gasteiger partial charge in [0.2, 0.25) is 5.95 Å². The van der Waals surface area contributed by atoms with Crippen molar-refractivity contribution in [3.63, 3.8) is 0 Å². The highest BCUT2D eigenvalue weighted by molar-refractivity contribution is 5.91. The molecule has 0 unspecified atom stereocenters. The van der Waals surface area contributed by atoms with Gasteiger partial charge < -0.3 is 15.4 Å². The van der Waals surface area contributed by atoms with E-state index < -0.39 is 0 Å². The molecule has 0 atom stereocenters. The third kappa shape index (κ3) is 5.41. The maximum absolute atomic E-state index is 12.0. The van der Waals surface area contributed by atoms with Crippen molar-refractivity contribution in [3.8, 4) is 5.75 Å². The van der Waals surface area contributed by atoms with Crippen LogP contribution in [0.3, 0.4) is 0 Å². The number of aromatic nitrogens is 4. The Balaban J connectivity index is 1.46. The molecule has 0 bridgehead atoms. The van der Waals surface area contributed by atoms with Crippen molar-refractivity contribution in [1.29, 1.82) is 0 Å². The summed E-state index contributed by atoms with van der Waals surface area (Å²) in [5.74, 6) is 0.996. The molecule has 0 spiro atoms. The van der Waals surface area contributed by atoms with Gasteiger partial charge in [0.25, 0.3) is 5.91 Å². The minimum Gasteiger partial charge on any atom is -0.484 e. The molecular weight excluding hydrogens is 356 g/mol. The minimum atomic E-state index is -0.205. The van der Waals surface area contributed by atoms with Crippen LogP contribution in [0.1, 0.15) is 11.1 Å². The molecule has 1 amide bonds. The number of carbonyl (C=O) groups is 1. The number of nitrogens with zero attached hydrogens (tertiary/aromatic N) is 4. The van der Waals surface area contributed by atoms with Crippen molar-refractivity contribution < 1.29 is 9.53 Å². The standard InChI is InChI=1S/C20H22N6O2/c1-3-12-26-20(23-24-25-26)21-13-16-6-10-18(11-7-16)28-14-19(27)22-17-8-4-15(2)5-9-17/h3-11H,1,12-14H2,2H3,(H,22,27)(H,21,23,25). The molecule has 2 aromatic carbocycles. The summed E-state index contributed by atoms with van der Waals surface area (Å²) in [6.07, 6.45) is 1.72. The summed E-state index contributed by atoms with van der Waals surface area (Å²) in [4.78, 5) is 12.0. The quantitative estimate of drug-likeness (QED) is 0.556. The predicted molar refractivity (Wildman–Crippen MR) is 107 cm³/mol. The summed E-state index contributed by atoms with van der Waals surface area (Å²) < 4.78 is 7.16. The van der Waals surface area contributed by atoms with Crippen LogP contribution in [0, 0.1) is 6.92 Å². The number of tetrazole rings is 1. The number of hydrogen-bond acceptors (Lipinski definition) is 6. The number of carbonyl (C=O) groups excluding carboxylic acids is 1. The largest absolute Gasteiger partial charge is 0.484 e. The number of allylic oxidation sites excluding steroid dienone is 1. The normalized spacial score (nSPS) is 10.3. The van der Waals surface area contributed by atoms with E-state index in [4.69, 9.17) is 4.74 Å². The summed E-state index contributed by atoms with van der Waals surface area (Å²) in [6, 6.07) is 15.1. The second-order valence-electron chi connectivity index (χ2n) is 6.17. The molecule has 0 aliphatic rings. The van der Waals surface area contributed by atoms with Crippen LogP contribution in [-0.4, -0.2) is 32.7 Å². The predicted octanol–water partition coefficient (Wildman–Crippen LogP) is 2.80. The van der Waals surface area contributed by atoms with Crippen molar-refractivity contribution in [2.24, 2.45) is 0 Å². The lowest BCUT2D eigenvalue weighted by Gasteiger charge is -2.09. The van der Waals surface area contributed by atoms with Crippen LogP contribution in [0.2, 0.25) is 0 Å². The lowest BCUT2D eigenvalue weighted by Crippen LogP contribution is -2.20. The first-order valence-corrected chi connectivity index (χ1v) is 8.83. The summed E-state index contributed by atoms with van der Waals surface area (Å²) in [5, 5.41) is 17.4. The summed E-state index contributed by atoms with van der Waals surface area (Å²) >= 11 is 0. The van der Waals surface area contributed by atoms with Crippen molar-refractivity contribution in [3.05, 3.63) is 72.3 Å². The summed E-state index contributed by atoms with van der Waals surface area (Å²) in [7, 11) is 0. The van der Waals surface area contributed by atoms with Crippen LogP contribution in [-0.2, 0) is 17.9 Å². The highest BCUT2D eigenvalue weighted by Gasteiger charge is 2.06. The second kappa shape index (κ2) is 9.31. The second-order valence-corrected chi connectivity index (χ2v) is 6.17. The zero-order chi connectivity index (χ0) is 19.8. The van der Waals surface area contributed by atoms with Crippen molar-refractivity contribution >= 4 is 17.5 Å². The fourth-order valence-electron chi connectivity index (χ4n) is 2.44. The van der Waals surface area contributed by atoms with Gasteiger partial charge in [-0.1, -0.05) is 41.0 Å². The average Bonchev–Trinajstić information content (AvgIpc) is 3.15. The molecule has 0 aliphatic carbocycles. The molecule has 0 radical (unpaired) electrons. The molecule has 2 N–H and O–H groups in total. The Morgan fingerprint density at radius 3 is 2.64 bits per heavy atom. The third-order valence-corrected chi connectivity index (χ3v) is 3.91. The lowest BCUT2D eigenvalue weighted by molar-refractivity contribution is -0.118. The Labute approximate surface area is 163 Å². The molecule has 28 heavy (non-hydrogen) atoms. The van der Waals surface area contributed by atoms with Gasteiger partial charge in [-0.2, -0.15) is 0 Å². The minimum absolute atomic E-state index is 0.0538. The first-order valence-electron chi connectivity index (χ1n) is 8.83. The molecule has 3 aromatic rings. The van der Waals surface area contributed by atoms with E-state index >= 15 is 0 Å². The Morgan fingerprint density at radius 2 is 1.93 bits per heavy atom. The molecule has 0 fully saturated rings. The number of ether oxygens (including phenoxy) is 1. The number of aryl methyl sites for hydroxylation is 1. The number of hydrogen-bond donors (Lipinski definition) is 2. The fraction of sp³-hybridized carbons (Fsp3) is 0.200. The fourth-order valence-corrected chi connectivity index (χ4v) is 2.44. The van der Waals surface area contributed by atoms with Gasteiger partial charge in [0.15, 0.2) is 6.61 Å². The Bertz CT molecular complexity index is 919. The molecule has 1 aromatic heterocycles. The number of rotatable bonds is 9. The number of anilines is 2. The molecule has 0 aliphatic heterocycles. The van der Waals surface area contributed by atoms with Crippen LogP contribution in [0.4, 0.5) is 11.6 Å². The molecule has 0 saturated heterocycles. The Morgan fingerprint density at radius 1 is 1.18 bits per heavy atom. The van der Waals surface area contributed by atoms with Gasteiger partial charge in [0.1, 0.15) is 5.75 Å². The Hall–Kier alpha value is -3.68. The zero-order valence-corrected chi connectivity index (χ0v) is 15.6. The van der Waals surface area contributed by atoms with E-state index in [1.807, 2.05) is 55.5 Å². The molecule has 8 nitrogen and oxygen atoms in total. The molecular formula is C20H22N6O2. The Kier molecular flexibility index (Phi) is 6.35. The van der Waals surface area contributed by atoms with Gasteiger partial charge in [0.05, 0.1) is 6.54 Å². The molecule has 0 saturated carbocycles. The van der Waals surface area contributed by atoms with Gasteiger partial charge in [-0.25, -0.2) is 4.68 Å². The topological polar surface area (TPSA) is 94.0 Å². The first kappa shape index (κ1) is 19.1. The van der Waals surface area contributed by atoms with E-state index in [0.29, 0.717) is 24.8 Å². The maximum Gasteiger partial charge on any atom is 0.262 e. The SMILES string of the molecule is C=CCn1nnnc1NCc1ccc(OCC(=O)Nc2ccc(C)cc2)cc1. The van der Waals surface area contributed by atoms with Crippen LogP contribution in [0.25, 0.3) is 0 Å². The number of benzene rings is 2. The zero-order valence-electron chi connectivity index (χ0n) is 15.6. The van der Waals surface area contributed by atoms with Gasteiger partial charge in [-0.3, -0.25) is 4.79 Å². The van der Waals surface area contributed by atoms with Gasteiger partial charge in [0, 0.05) is 12.2 Å². The molecule has 8 heteroatoms. The molecule has 144 valence electrons. The van der Waals surface area contributed by atoms with Gasteiger partial charge in [-0.15, -0.1) is 6.58 Å². The van der Waals surface area contributed by atoms with Crippen molar-refractivity contribution in [1.82, 2.24) is 20.2 Å². The van der Waals surface area contributed by atoms with E-state index in [9.17, 15) is 4.79 Å². The highest BCUT2D eigenvalue weighted by Crippen LogP contribution is 2.14. The van der Waals surface area contributed by atoms with Crippen LogP contribution in [0.15, 0.2) is 61.2 Å². The number of amides is 1. The third-order valence-electron chi connectivity index (χ3n) is 3.91. The van der Waals surface area contributed by atoms with E-state index in [1.165, 1.54) is 0 Å². The van der Waals surface area contributed by atoms with E-state index in [-0.39, 0.29) is 12.5 Å². The average molecular weight is 378 g/mol. The highest BCUT2D eigenvalue weighted by atomic mass is 16.5. The monoisotopic (exact) mass is 378 g/mol. The van der Waals surface area contributed by atoms with E-state index in [2.05, 4.69) is 32.7 Å². The summed E-state index contributed by atoms with van der Waals surface area (Å²) in [6.45, 7) is 6.71. The van der Waals surface area contributed by atoms with Gasteiger partial charge >= 0.3 is 0 Å². The van der Waals surface area contributed by atoms with E-state index in [1.54, 1.807) is 10.8 Å². The van der Waals surface area contributed by atoms with Crippen LogP contribution < -0.4 is 15.4 Å². The van der Waals surface area contributed by atoms with Gasteiger partial charge in [-0.05, 0) is 47.2 Å². The lowest BCUT2D eigenvalue weighted by atomic mass is 10.2. The smallest absolute Gasteiger partial charge is 0.262 e. The molecule has 1 heterocycles. The summed E-state index contributed by atoms with van der Waals surface area (Å²) in [5.41, 5.74) is 2.92. The number of nitrogens with one attached hydrogen (secondary N) is 2. The molecule has 3 rings (SSSR count). The van der Waals surface area contributed by atoms with E-state index in [0.717, 1.165) is 16.8 Å². The van der Waals surface area contributed by atoms with Crippen LogP contribution in [0.5, 0.6) is 5.75 Å². The van der Waals surface area contributed by atoms with Crippen molar-refractivity contribution in [2.45, 2.75) is 20.0 Å². The first-order chi connectivity index (χ1) is 13.6. The van der Waals surface area contributed by atoms with Crippen molar-refractivity contribution in [2.75, 3.05) is 17.2 Å². The maximum atomic E-state index is 12.0. The van der Waals surface area contributed by atoms with Crippen LogP contribution >= 0.6 is 0 Å².